The first kappa shape index (κ1) is 14.2. The molecule has 2 N–H and O–H groups in total. The van der Waals surface area contributed by atoms with E-state index in [9.17, 15) is 5.11 Å². The molecule has 0 aliphatic heterocycles. The molecule has 0 radical (unpaired) electrons. The van der Waals surface area contributed by atoms with Crippen molar-refractivity contribution in [3.63, 3.8) is 0 Å². The fraction of sp³-hybridized carbons (Fsp3) is 0.600. The Bertz CT molecular complexity index is 302. The molecule has 0 aromatic heterocycles. The summed E-state index contributed by atoms with van der Waals surface area (Å²) in [4.78, 5) is 0. The largest absolute Gasteiger partial charge is 0.396 e. The van der Waals surface area contributed by atoms with Gasteiger partial charge in [-0.05, 0) is 45.7 Å². The Kier molecular flexibility index (Phi) is 5.66. The molecule has 0 amide bonds. The predicted octanol–water partition coefficient (Wildman–Crippen LogP) is 2.93. The summed E-state index contributed by atoms with van der Waals surface area (Å²) >= 11 is 0. The number of hydrogen-bond acceptors (Lipinski definition) is 2. The molecular weight excluding hydrogens is 210 g/mol. The summed E-state index contributed by atoms with van der Waals surface area (Å²) in [6, 6.07) is 10.3. The summed E-state index contributed by atoms with van der Waals surface area (Å²) in [7, 11) is 0. The van der Waals surface area contributed by atoms with Gasteiger partial charge in [-0.25, -0.2) is 0 Å². The van der Waals surface area contributed by atoms with E-state index in [0.717, 1.165) is 19.4 Å². The molecular formula is C15H25NO. The van der Waals surface area contributed by atoms with Crippen LogP contribution < -0.4 is 5.32 Å². The molecule has 0 aliphatic carbocycles. The smallest absolute Gasteiger partial charge is 0.0499 e. The van der Waals surface area contributed by atoms with E-state index in [4.69, 9.17) is 0 Å². The molecule has 0 saturated carbocycles. The average molecular weight is 235 g/mol. The lowest BCUT2D eigenvalue weighted by Crippen LogP contribution is -2.36. The monoisotopic (exact) mass is 235 g/mol. The lowest BCUT2D eigenvalue weighted by molar-refractivity contribution is 0.256. The third-order valence-electron chi connectivity index (χ3n) is 2.88. The molecule has 0 unspecified atom stereocenters. The summed E-state index contributed by atoms with van der Waals surface area (Å²) in [5.41, 5.74) is 1.42. The highest BCUT2D eigenvalue weighted by atomic mass is 16.3. The second kappa shape index (κ2) is 6.77. The summed E-state index contributed by atoms with van der Waals surface area (Å²) in [6.07, 6.45) is 2.13. The van der Waals surface area contributed by atoms with E-state index in [1.54, 1.807) is 0 Å². The Hall–Kier alpha value is -0.860. The number of nitrogens with one attached hydrogen (secondary N) is 1. The van der Waals surface area contributed by atoms with Crippen molar-refractivity contribution in [2.75, 3.05) is 13.2 Å². The van der Waals surface area contributed by atoms with Gasteiger partial charge in [0, 0.05) is 18.1 Å². The van der Waals surface area contributed by atoms with Gasteiger partial charge in [-0.15, -0.1) is 0 Å². The maximum Gasteiger partial charge on any atom is 0.0499 e. The Morgan fingerprint density at radius 3 is 2.35 bits per heavy atom. The standard InChI is InChI=1S/C15H25NO/c1-15(2,3)16-11-7-10-14(12-17)13-8-5-4-6-9-13/h4-6,8-9,14,16-17H,7,10-12H2,1-3H3/t14-/m0/s1. The first-order valence-corrected chi connectivity index (χ1v) is 6.44. The van der Waals surface area contributed by atoms with Crippen LogP contribution in [0.5, 0.6) is 0 Å². The van der Waals surface area contributed by atoms with Crippen molar-refractivity contribution in [1.29, 1.82) is 0 Å². The van der Waals surface area contributed by atoms with E-state index in [2.05, 4.69) is 38.2 Å². The zero-order chi connectivity index (χ0) is 12.7. The van der Waals surface area contributed by atoms with Gasteiger partial charge >= 0.3 is 0 Å². The van der Waals surface area contributed by atoms with Crippen LogP contribution in [0.1, 0.15) is 45.1 Å². The Morgan fingerprint density at radius 2 is 1.82 bits per heavy atom. The molecule has 0 saturated heterocycles. The van der Waals surface area contributed by atoms with E-state index < -0.39 is 0 Å². The normalized spacial score (nSPS) is 13.6. The van der Waals surface area contributed by atoms with E-state index >= 15 is 0 Å². The van der Waals surface area contributed by atoms with E-state index in [0.29, 0.717) is 0 Å². The molecule has 0 fully saturated rings. The first-order valence-electron chi connectivity index (χ1n) is 6.44. The van der Waals surface area contributed by atoms with Gasteiger partial charge < -0.3 is 10.4 Å². The highest BCUT2D eigenvalue weighted by Gasteiger charge is 2.11. The van der Waals surface area contributed by atoms with Gasteiger partial charge in [-0.2, -0.15) is 0 Å². The number of aliphatic hydroxyl groups is 1. The molecule has 0 spiro atoms. The van der Waals surface area contributed by atoms with Crippen molar-refractivity contribution in [3.05, 3.63) is 35.9 Å². The lowest BCUT2D eigenvalue weighted by Gasteiger charge is -2.21. The van der Waals surface area contributed by atoms with Crippen molar-refractivity contribution < 1.29 is 5.11 Å². The van der Waals surface area contributed by atoms with Crippen molar-refractivity contribution in [1.82, 2.24) is 5.32 Å². The molecule has 1 rings (SSSR count). The highest BCUT2D eigenvalue weighted by Crippen LogP contribution is 2.20. The van der Waals surface area contributed by atoms with E-state index in [1.165, 1.54) is 5.56 Å². The molecule has 1 atom stereocenters. The zero-order valence-corrected chi connectivity index (χ0v) is 11.2. The van der Waals surface area contributed by atoms with Crippen LogP contribution in [0.2, 0.25) is 0 Å². The molecule has 2 nitrogen and oxygen atoms in total. The quantitative estimate of drug-likeness (QED) is 0.743. The third-order valence-corrected chi connectivity index (χ3v) is 2.88. The van der Waals surface area contributed by atoms with Crippen LogP contribution in [0.3, 0.4) is 0 Å². The van der Waals surface area contributed by atoms with Gasteiger partial charge in [0.25, 0.3) is 0 Å². The minimum Gasteiger partial charge on any atom is -0.396 e. The number of hydrogen-bond donors (Lipinski definition) is 2. The lowest BCUT2D eigenvalue weighted by atomic mass is 9.95. The highest BCUT2D eigenvalue weighted by molar-refractivity contribution is 5.19. The van der Waals surface area contributed by atoms with Crippen LogP contribution in [0, 0.1) is 0 Å². The van der Waals surface area contributed by atoms with Gasteiger partial charge in [0.1, 0.15) is 0 Å². The fourth-order valence-corrected chi connectivity index (χ4v) is 1.90. The predicted molar refractivity (Wildman–Crippen MR) is 73.3 cm³/mol. The molecule has 0 aliphatic rings. The summed E-state index contributed by atoms with van der Waals surface area (Å²) < 4.78 is 0. The minimum atomic E-state index is 0.182. The second-order valence-electron chi connectivity index (χ2n) is 5.61. The van der Waals surface area contributed by atoms with Gasteiger partial charge in [-0.1, -0.05) is 30.3 Å². The molecule has 96 valence electrons. The van der Waals surface area contributed by atoms with Crippen LogP contribution in [0.25, 0.3) is 0 Å². The number of rotatable bonds is 6. The Morgan fingerprint density at radius 1 is 1.18 bits per heavy atom. The number of aliphatic hydroxyl groups excluding tert-OH is 1. The fourth-order valence-electron chi connectivity index (χ4n) is 1.90. The zero-order valence-electron chi connectivity index (χ0n) is 11.2. The maximum atomic E-state index is 9.42. The summed E-state index contributed by atoms with van der Waals surface area (Å²) in [6.45, 7) is 7.77. The SMILES string of the molecule is CC(C)(C)NCCC[C@@H](CO)c1ccccc1. The summed E-state index contributed by atoms with van der Waals surface area (Å²) in [5.74, 6) is 0.276. The minimum absolute atomic E-state index is 0.182. The van der Waals surface area contributed by atoms with Crippen molar-refractivity contribution >= 4 is 0 Å². The van der Waals surface area contributed by atoms with E-state index in [1.807, 2.05) is 18.2 Å². The molecule has 1 aromatic rings. The number of benzene rings is 1. The van der Waals surface area contributed by atoms with Gasteiger partial charge in [0.05, 0.1) is 0 Å². The van der Waals surface area contributed by atoms with Crippen molar-refractivity contribution in [2.45, 2.75) is 45.1 Å². The van der Waals surface area contributed by atoms with Crippen molar-refractivity contribution in [2.24, 2.45) is 0 Å². The molecule has 1 aromatic carbocycles. The van der Waals surface area contributed by atoms with Gasteiger partial charge in [0.2, 0.25) is 0 Å². The van der Waals surface area contributed by atoms with Crippen LogP contribution in [-0.4, -0.2) is 23.8 Å². The van der Waals surface area contributed by atoms with Gasteiger partial charge in [0.15, 0.2) is 0 Å². The second-order valence-corrected chi connectivity index (χ2v) is 5.61. The molecule has 2 heteroatoms. The third kappa shape index (κ3) is 5.85. The topological polar surface area (TPSA) is 32.3 Å². The van der Waals surface area contributed by atoms with Crippen LogP contribution in [0.4, 0.5) is 0 Å². The molecule has 0 heterocycles. The van der Waals surface area contributed by atoms with Crippen molar-refractivity contribution in [3.8, 4) is 0 Å². The van der Waals surface area contributed by atoms with E-state index in [-0.39, 0.29) is 18.1 Å². The average Bonchev–Trinajstić information content (AvgIpc) is 2.29. The molecule has 0 bridgehead atoms. The molecule has 17 heavy (non-hydrogen) atoms. The Labute approximate surface area is 105 Å². The van der Waals surface area contributed by atoms with Crippen LogP contribution in [0.15, 0.2) is 30.3 Å². The van der Waals surface area contributed by atoms with Gasteiger partial charge in [-0.3, -0.25) is 0 Å². The Balaban J connectivity index is 2.34. The summed E-state index contributed by atoms with van der Waals surface area (Å²) in [5, 5.41) is 12.9. The van der Waals surface area contributed by atoms with Crippen LogP contribution in [-0.2, 0) is 0 Å². The maximum absolute atomic E-state index is 9.42. The first-order chi connectivity index (χ1) is 8.03. The van der Waals surface area contributed by atoms with Crippen LogP contribution >= 0.6 is 0 Å².